The van der Waals surface area contributed by atoms with Gasteiger partial charge in [0.15, 0.2) is 0 Å². The Bertz CT molecular complexity index is 486. The Morgan fingerprint density at radius 3 is 2.37 bits per heavy atom. The van der Waals surface area contributed by atoms with Crippen molar-refractivity contribution < 1.29 is 9.18 Å². The predicted octanol–water partition coefficient (Wildman–Crippen LogP) is 1.50. The third kappa shape index (κ3) is 3.09. The van der Waals surface area contributed by atoms with Gasteiger partial charge in [-0.15, -0.1) is 0 Å². The lowest BCUT2D eigenvalue weighted by molar-refractivity contribution is 0.0615. The third-order valence-corrected chi connectivity index (χ3v) is 3.43. The first-order valence-electron chi connectivity index (χ1n) is 6.30. The fraction of sp³-hybridized carbons (Fsp3) is 0.429. The highest BCUT2D eigenvalue weighted by Gasteiger charge is 2.24. The van der Waals surface area contributed by atoms with Crippen LogP contribution in [0.25, 0.3) is 0 Å². The van der Waals surface area contributed by atoms with Crippen molar-refractivity contribution in [3.8, 4) is 6.07 Å². The summed E-state index contributed by atoms with van der Waals surface area (Å²) in [6.45, 7) is 4.45. The van der Waals surface area contributed by atoms with Gasteiger partial charge in [0.2, 0.25) is 0 Å². The standard InChI is InChI=1S/C14H16FN3O/c1-11(10-16)17-6-8-18(9-7-17)14(19)12-2-4-13(15)5-3-12/h2-5,11H,6-9H2,1H3. The van der Waals surface area contributed by atoms with Gasteiger partial charge in [-0.25, -0.2) is 4.39 Å². The molecule has 100 valence electrons. The van der Waals surface area contributed by atoms with Crippen LogP contribution in [0.3, 0.4) is 0 Å². The topological polar surface area (TPSA) is 47.3 Å². The maximum Gasteiger partial charge on any atom is 0.253 e. The molecule has 1 amide bonds. The number of benzene rings is 1. The second-order valence-corrected chi connectivity index (χ2v) is 4.64. The highest BCUT2D eigenvalue weighted by molar-refractivity contribution is 5.94. The number of nitrogens with zero attached hydrogens (tertiary/aromatic N) is 3. The molecule has 0 N–H and O–H groups in total. The molecule has 1 aromatic rings. The van der Waals surface area contributed by atoms with Crippen LogP contribution in [0.4, 0.5) is 4.39 Å². The molecule has 0 bridgehead atoms. The van der Waals surface area contributed by atoms with E-state index in [4.69, 9.17) is 5.26 Å². The van der Waals surface area contributed by atoms with Crippen LogP contribution in [0.2, 0.25) is 0 Å². The fourth-order valence-electron chi connectivity index (χ4n) is 2.17. The van der Waals surface area contributed by atoms with Crippen LogP contribution in [0.5, 0.6) is 0 Å². The van der Waals surface area contributed by atoms with E-state index in [1.165, 1.54) is 24.3 Å². The van der Waals surface area contributed by atoms with E-state index in [0.717, 1.165) is 0 Å². The van der Waals surface area contributed by atoms with E-state index >= 15 is 0 Å². The zero-order chi connectivity index (χ0) is 13.8. The summed E-state index contributed by atoms with van der Waals surface area (Å²) in [7, 11) is 0. The number of carbonyl (C=O) groups is 1. The summed E-state index contributed by atoms with van der Waals surface area (Å²) >= 11 is 0. The van der Waals surface area contributed by atoms with E-state index in [9.17, 15) is 9.18 Å². The Kier molecular flexibility index (Phi) is 4.13. The van der Waals surface area contributed by atoms with E-state index in [0.29, 0.717) is 31.7 Å². The second kappa shape index (κ2) is 5.81. The monoisotopic (exact) mass is 261 g/mol. The van der Waals surface area contributed by atoms with Crippen molar-refractivity contribution in [1.82, 2.24) is 9.80 Å². The summed E-state index contributed by atoms with van der Waals surface area (Å²) in [5.41, 5.74) is 0.503. The first kappa shape index (κ1) is 13.5. The summed E-state index contributed by atoms with van der Waals surface area (Å²) in [5, 5.41) is 8.86. The minimum Gasteiger partial charge on any atom is -0.336 e. The second-order valence-electron chi connectivity index (χ2n) is 4.64. The van der Waals surface area contributed by atoms with Crippen LogP contribution in [0.15, 0.2) is 24.3 Å². The SMILES string of the molecule is CC(C#N)N1CCN(C(=O)c2ccc(F)cc2)CC1. The summed E-state index contributed by atoms with van der Waals surface area (Å²) in [6, 6.07) is 7.66. The molecule has 1 atom stereocenters. The average Bonchev–Trinajstić information content (AvgIpc) is 2.46. The van der Waals surface area contributed by atoms with Crippen molar-refractivity contribution in [2.24, 2.45) is 0 Å². The number of nitriles is 1. The van der Waals surface area contributed by atoms with Crippen LogP contribution in [0, 0.1) is 17.1 Å². The van der Waals surface area contributed by atoms with Crippen LogP contribution < -0.4 is 0 Å². The number of piperazine rings is 1. The van der Waals surface area contributed by atoms with Gasteiger partial charge in [-0.2, -0.15) is 5.26 Å². The average molecular weight is 261 g/mol. The molecule has 1 aliphatic rings. The number of amides is 1. The molecule has 0 radical (unpaired) electrons. The van der Waals surface area contributed by atoms with Crippen LogP contribution in [-0.4, -0.2) is 47.9 Å². The predicted molar refractivity (Wildman–Crippen MR) is 69.0 cm³/mol. The van der Waals surface area contributed by atoms with Crippen LogP contribution in [-0.2, 0) is 0 Å². The van der Waals surface area contributed by atoms with E-state index in [2.05, 4.69) is 11.0 Å². The number of hydrogen-bond donors (Lipinski definition) is 0. The van der Waals surface area contributed by atoms with Gasteiger partial charge in [-0.1, -0.05) is 0 Å². The number of halogens is 1. The summed E-state index contributed by atoms with van der Waals surface area (Å²) < 4.78 is 12.8. The molecular formula is C14H16FN3O. The molecule has 0 aliphatic carbocycles. The van der Waals surface area contributed by atoms with Crippen molar-refractivity contribution in [2.75, 3.05) is 26.2 Å². The molecule has 5 heteroatoms. The maximum absolute atomic E-state index is 12.8. The largest absolute Gasteiger partial charge is 0.336 e. The van der Waals surface area contributed by atoms with E-state index in [1.54, 1.807) is 4.90 Å². The van der Waals surface area contributed by atoms with Gasteiger partial charge in [-0.05, 0) is 31.2 Å². The van der Waals surface area contributed by atoms with Crippen molar-refractivity contribution in [3.63, 3.8) is 0 Å². The lowest BCUT2D eigenvalue weighted by Gasteiger charge is -2.35. The fourth-order valence-corrected chi connectivity index (χ4v) is 2.17. The number of carbonyl (C=O) groups excluding carboxylic acids is 1. The van der Waals surface area contributed by atoms with E-state index in [-0.39, 0.29) is 17.8 Å². The number of rotatable bonds is 2. The highest BCUT2D eigenvalue weighted by atomic mass is 19.1. The molecule has 1 saturated heterocycles. The van der Waals surface area contributed by atoms with Crippen LogP contribution in [0.1, 0.15) is 17.3 Å². The molecule has 1 fully saturated rings. The van der Waals surface area contributed by atoms with Crippen molar-refractivity contribution in [2.45, 2.75) is 13.0 Å². The molecule has 1 heterocycles. The first-order chi connectivity index (χ1) is 9.11. The molecule has 0 saturated carbocycles. The van der Waals surface area contributed by atoms with E-state index < -0.39 is 0 Å². The molecule has 1 aliphatic heterocycles. The van der Waals surface area contributed by atoms with E-state index in [1.807, 2.05) is 6.92 Å². The van der Waals surface area contributed by atoms with Gasteiger partial charge in [0.25, 0.3) is 5.91 Å². The first-order valence-corrected chi connectivity index (χ1v) is 6.30. The smallest absolute Gasteiger partial charge is 0.253 e. The zero-order valence-corrected chi connectivity index (χ0v) is 10.8. The maximum atomic E-state index is 12.8. The molecule has 0 aromatic heterocycles. The number of hydrogen-bond acceptors (Lipinski definition) is 3. The van der Waals surface area contributed by atoms with Gasteiger partial charge in [0.1, 0.15) is 5.82 Å². The quantitative estimate of drug-likeness (QED) is 0.810. The van der Waals surface area contributed by atoms with Gasteiger partial charge in [0, 0.05) is 31.7 Å². The van der Waals surface area contributed by atoms with Crippen LogP contribution >= 0.6 is 0 Å². The molecular weight excluding hydrogens is 245 g/mol. The Hall–Kier alpha value is -1.93. The van der Waals surface area contributed by atoms with Gasteiger partial charge in [-0.3, -0.25) is 9.69 Å². The zero-order valence-electron chi connectivity index (χ0n) is 10.8. The van der Waals surface area contributed by atoms with Crippen molar-refractivity contribution in [3.05, 3.63) is 35.6 Å². The van der Waals surface area contributed by atoms with Gasteiger partial charge < -0.3 is 4.90 Å². The Morgan fingerprint density at radius 2 is 1.84 bits per heavy atom. The third-order valence-electron chi connectivity index (χ3n) is 3.43. The van der Waals surface area contributed by atoms with Crippen molar-refractivity contribution in [1.29, 1.82) is 5.26 Å². The normalized spacial score (nSPS) is 17.8. The molecule has 19 heavy (non-hydrogen) atoms. The Morgan fingerprint density at radius 1 is 1.26 bits per heavy atom. The van der Waals surface area contributed by atoms with Gasteiger partial charge in [0.05, 0.1) is 12.1 Å². The lowest BCUT2D eigenvalue weighted by atomic mass is 10.1. The molecule has 4 nitrogen and oxygen atoms in total. The lowest BCUT2D eigenvalue weighted by Crippen LogP contribution is -2.51. The Balaban J connectivity index is 1.96. The minimum atomic E-state index is -0.343. The molecule has 2 rings (SSSR count). The summed E-state index contributed by atoms with van der Waals surface area (Å²) in [4.78, 5) is 16.0. The molecule has 0 spiro atoms. The highest BCUT2D eigenvalue weighted by Crippen LogP contribution is 2.11. The van der Waals surface area contributed by atoms with Crippen molar-refractivity contribution >= 4 is 5.91 Å². The Labute approximate surface area is 112 Å². The summed E-state index contributed by atoms with van der Waals surface area (Å²) in [5.74, 6) is -0.423. The molecule has 1 aromatic carbocycles. The minimum absolute atomic E-state index is 0.0794. The summed E-state index contributed by atoms with van der Waals surface area (Å²) in [6.07, 6.45) is 0. The van der Waals surface area contributed by atoms with Gasteiger partial charge >= 0.3 is 0 Å². The molecule has 1 unspecified atom stereocenters.